The molecule has 4 atom stereocenters. The molecule has 0 saturated carbocycles. The fraction of sp³-hybridized carbons (Fsp3) is 0.300. The Morgan fingerprint density at radius 3 is 2.44 bits per heavy atom. The number of nitrogens with one attached hydrogen (secondary N) is 1. The maximum atomic E-state index is 14.4. The van der Waals surface area contributed by atoms with E-state index in [1.165, 1.54) is 11.3 Å². The van der Waals surface area contributed by atoms with Gasteiger partial charge in [0, 0.05) is 22.4 Å². The van der Waals surface area contributed by atoms with Crippen molar-refractivity contribution in [2.75, 3.05) is 10.2 Å². The number of anilines is 2. The van der Waals surface area contributed by atoms with Crippen LogP contribution < -0.4 is 10.2 Å². The Hall–Kier alpha value is -3.51. The number of para-hydroxylation sites is 2. The minimum absolute atomic E-state index is 0.0424. The predicted molar refractivity (Wildman–Crippen MR) is 143 cm³/mol. The highest BCUT2D eigenvalue weighted by Gasteiger charge is 2.71. The molecule has 2 aromatic carbocycles. The number of hydrogen-bond acceptors (Lipinski definition) is 5. The highest BCUT2D eigenvalue weighted by molar-refractivity contribution is 7.12. The number of fused-ring (bicyclic) bond motifs is 6. The Morgan fingerprint density at radius 1 is 1.00 bits per heavy atom. The summed E-state index contributed by atoms with van der Waals surface area (Å²) in [6.45, 7) is 7.71. The first-order chi connectivity index (χ1) is 17.2. The van der Waals surface area contributed by atoms with Gasteiger partial charge in [0.05, 0.1) is 16.8 Å². The lowest BCUT2D eigenvalue weighted by Gasteiger charge is -2.39. The summed E-state index contributed by atoms with van der Waals surface area (Å²) in [6.07, 6.45) is 2.09. The van der Waals surface area contributed by atoms with Crippen molar-refractivity contribution in [3.8, 4) is 0 Å². The van der Waals surface area contributed by atoms with E-state index in [-0.39, 0.29) is 17.5 Å². The number of thiophene rings is 1. The van der Waals surface area contributed by atoms with E-state index in [0.29, 0.717) is 10.6 Å². The summed E-state index contributed by atoms with van der Waals surface area (Å²) in [6, 6.07) is 17.9. The Morgan fingerprint density at radius 2 is 1.72 bits per heavy atom. The van der Waals surface area contributed by atoms with Crippen LogP contribution in [0.25, 0.3) is 5.57 Å². The van der Waals surface area contributed by atoms with Crippen LogP contribution in [0.1, 0.15) is 48.5 Å². The molecule has 1 aromatic heterocycles. The van der Waals surface area contributed by atoms with Crippen molar-refractivity contribution in [1.82, 2.24) is 0 Å². The lowest BCUT2D eigenvalue weighted by atomic mass is 9.63. The highest BCUT2D eigenvalue weighted by atomic mass is 32.1. The summed E-state index contributed by atoms with van der Waals surface area (Å²) in [5.74, 6) is -1.30. The quantitative estimate of drug-likeness (QED) is 0.471. The van der Waals surface area contributed by atoms with Gasteiger partial charge in [-0.05, 0) is 41.6 Å². The predicted octanol–water partition coefficient (Wildman–Crippen LogP) is 5.73. The van der Waals surface area contributed by atoms with Crippen molar-refractivity contribution in [3.63, 3.8) is 0 Å². The molecule has 182 valence electrons. The van der Waals surface area contributed by atoms with E-state index in [9.17, 15) is 14.4 Å². The number of carbonyl (C=O) groups excluding carboxylic acids is 3. The molecule has 0 radical (unpaired) electrons. The summed E-state index contributed by atoms with van der Waals surface area (Å²) in [7, 11) is 0. The average Bonchev–Trinajstić information content (AvgIpc) is 3.55. The van der Waals surface area contributed by atoms with Gasteiger partial charge in [0.2, 0.25) is 5.91 Å². The molecular formula is C30H28N2O3S. The van der Waals surface area contributed by atoms with Gasteiger partial charge in [-0.3, -0.25) is 14.4 Å². The number of nitrogens with zero attached hydrogens (tertiary/aromatic N) is 1. The zero-order valence-corrected chi connectivity index (χ0v) is 21.6. The van der Waals surface area contributed by atoms with Crippen molar-refractivity contribution in [3.05, 3.63) is 88.1 Å². The van der Waals surface area contributed by atoms with Gasteiger partial charge in [-0.1, -0.05) is 69.3 Å². The van der Waals surface area contributed by atoms with Crippen molar-refractivity contribution < 1.29 is 14.4 Å². The SMILES string of the molecule is CC1=C[C@@H]2N(c3ccccc31)[C@H](C(=O)C(C)(C)C)[C@@H](C(=O)c1cccs1)[C@@]21C(=O)Nc2ccccc21. The van der Waals surface area contributed by atoms with Crippen LogP contribution in [-0.2, 0) is 15.0 Å². The molecule has 1 amide bonds. The second kappa shape index (κ2) is 7.74. The van der Waals surface area contributed by atoms with Crippen molar-refractivity contribution >= 4 is 45.8 Å². The minimum atomic E-state index is -1.24. The van der Waals surface area contributed by atoms with Crippen LogP contribution >= 0.6 is 11.3 Å². The van der Waals surface area contributed by atoms with Gasteiger partial charge in [-0.2, -0.15) is 0 Å². The van der Waals surface area contributed by atoms with Crippen LogP contribution in [0.5, 0.6) is 0 Å². The molecule has 6 rings (SSSR count). The fourth-order valence-electron chi connectivity index (χ4n) is 6.40. The first-order valence-electron chi connectivity index (χ1n) is 12.3. The van der Waals surface area contributed by atoms with E-state index in [4.69, 9.17) is 0 Å². The molecule has 1 spiro atoms. The van der Waals surface area contributed by atoms with Crippen LogP contribution in [-0.4, -0.2) is 29.6 Å². The number of rotatable bonds is 3. The van der Waals surface area contributed by atoms with Gasteiger partial charge in [-0.15, -0.1) is 11.3 Å². The number of Topliss-reactive ketones (excluding diaryl/α,β-unsaturated/α-hetero) is 2. The normalized spacial score (nSPS) is 26.2. The maximum absolute atomic E-state index is 14.4. The summed E-state index contributed by atoms with van der Waals surface area (Å²) in [5, 5.41) is 4.94. The molecule has 5 nitrogen and oxygen atoms in total. The van der Waals surface area contributed by atoms with Gasteiger partial charge in [0.25, 0.3) is 0 Å². The summed E-state index contributed by atoms with van der Waals surface area (Å²) in [5.41, 5.74) is 2.49. The number of carbonyl (C=O) groups is 3. The molecule has 1 N–H and O–H groups in total. The first kappa shape index (κ1) is 22.9. The molecule has 1 saturated heterocycles. The van der Waals surface area contributed by atoms with Crippen LogP contribution in [0.3, 0.4) is 0 Å². The molecule has 3 aromatic rings. The van der Waals surface area contributed by atoms with Crippen molar-refractivity contribution in [1.29, 1.82) is 0 Å². The van der Waals surface area contributed by atoms with Gasteiger partial charge >= 0.3 is 0 Å². The van der Waals surface area contributed by atoms with Crippen LogP contribution in [0, 0.1) is 11.3 Å². The molecule has 3 aliphatic heterocycles. The number of hydrogen-bond donors (Lipinski definition) is 1. The minimum Gasteiger partial charge on any atom is -0.352 e. The second-order valence-corrected chi connectivity index (χ2v) is 11.9. The van der Waals surface area contributed by atoms with Crippen LogP contribution in [0.2, 0.25) is 0 Å². The molecule has 6 heteroatoms. The zero-order valence-electron chi connectivity index (χ0n) is 20.7. The third-order valence-corrected chi connectivity index (χ3v) is 8.82. The van der Waals surface area contributed by atoms with Gasteiger partial charge in [-0.25, -0.2) is 0 Å². The lowest BCUT2D eigenvalue weighted by molar-refractivity contribution is -0.128. The smallest absolute Gasteiger partial charge is 0.238 e. The Kier molecular flexibility index (Phi) is 4.93. The number of ketones is 2. The van der Waals surface area contributed by atoms with E-state index in [1.54, 1.807) is 6.07 Å². The molecule has 0 unspecified atom stereocenters. The summed E-state index contributed by atoms with van der Waals surface area (Å²) < 4.78 is 0. The average molecular weight is 497 g/mol. The Labute approximate surface area is 214 Å². The molecule has 1 fully saturated rings. The summed E-state index contributed by atoms with van der Waals surface area (Å²) in [4.78, 5) is 45.6. The van der Waals surface area contributed by atoms with E-state index in [2.05, 4.69) is 16.3 Å². The largest absolute Gasteiger partial charge is 0.352 e. The van der Waals surface area contributed by atoms with E-state index < -0.39 is 28.8 Å². The van der Waals surface area contributed by atoms with E-state index in [1.807, 2.05) is 87.7 Å². The molecule has 4 heterocycles. The fourth-order valence-corrected chi connectivity index (χ4v) is 7.11. The van der Waals surface area contributed by atoms with E-state index >= 15 is 0 Å². The number of amides is 1. The lowest BCUT2D eigenvalue weighted by Crippen LogP contribution is -2.51. The topological polar surface area (TPSA) is 66.5 Å². The van der Waals surface area contributed by atoms with Crippen molar-refractivity contribution in [2.24, 2.45) is 11.3 Å². The Bertz CT molecular complexity index is 1450. The second-order valence-electron chi connectivity index (χ2n) is 11.0. The van der Waals surface area contributed by atoms with Crippen LogP contribution in [0.15, 0.2) is 72.1 Å². The third kappa shape index (κ3) is 2.91. The molecule has 0 aliphatic carbocycles. The van der Waals surface area contributed by atoms with Crippen molar-refractivity contribution in [2.45, 2.75) is 45.2 Å². The third-order valence-electron chi connectivity index (χ3n) is 7.94. The molecule has 36 heavy (non-hydrogen) atoms. The monoisotopic (exact) mass is 496 g/mol. The number of benzene rings is 2. The first-order valence-corrected chi connectivity index (χ1v) is 13.1. The molecular weight excluding hydrogens is 468 g/mol. The zero-order chi connectivity index (χ0) is 25.4. The standard InChI is InChI=1S/C30H28N2O3S/c1-17-16-23-30(19-11-6-7-12-20(19)31-28(30)35)24(26(33)22-14-9-15-36-22)25(27(34)29(2,3)4)32(23)21-13-8-5-10-18(17)21/h5-16,23-25H,1-4H3,(H,31,35)/t23-,24-,25-,30-/m0/s1. The highest BCUT2D eigenvalue weighted by Crippen LogP contribution is 2.59. The molecule has 0 bridgehead atoms. The number of allylic oxidation sites excluding steroid dienone is 1. The van der Waals surface area contributed by atoms with Gasteiger partial charge in [0.15, 0.2) is 11.6 Å². The van der Waals surface area contributed by atoms with Crippen LogP contribution in [0.4, 0.5) is 11.4 Å². The molecule has 3 aliphatic rings. The van der Waals surface area contributed by atoms with Gasteiger partial charge in [0.1, 0.15) is 11.5 Å². The maximum Gasteiger partial charge on any atom is 0.238 e. The van der Waals surface area contributed by atoms with E-state index in [0.717, 1.165) is 22.4 Å². The van der Waals surface area contributed by atoms with Gasteiger partial charge < -0.3 is 10.2 Å². The summed E-state index contributed by atoms with van der Waals surface area (Å²) >= 11 is 1.36. The Balaban J connectivity index is 1.72.